The maximum atomic E-state index is 12.3. The molecular weight excluding hydrogens is 298 g/mol. The highest BCUT2D eigenvalue weighted by Crippen LogP contribution is 2.36. The van der Waals surface area contributed by atoms with Gasteiger partial charge in [0.1, 0.15) is 11.5 Å². The van der Waals surface area contributed by atoms with Crippen molar-refractivity contribution in [3.63, 3.8) is 0 Å². The second kappa shape index (κ2) is 8.50. The molecule has 4 nitrogen and oxygen atoms in total. The molecule has 0 atom stereocenters. The van der Waals surface area contributed by atoms with E-state index in [9.17, 15) is 4.79 Å². The van der Waals surface area contributed by atoms with Crippen molar-refractivity contribution in [2.75, 3.05) is 24.5 Å². The Labute approximate surface area is 147 Å². The molecular formula is C20H33N3O. The summed E-state index contributed by atoms with van der Waals surface area (Å²) in [5.41, 5.74) is 0.995. The van der Waals surface area contributed by atoms with Crippen molar-refractivity contribution in [3.05, 3.63) is 23.9 Å². The van der Waals surface area contributed by atoms with Crippen LogP contribution in [0.1, 0.15) is 70.3 Å². The Bertz CT molecular complexity index is 533. The van der Waals surface area contributed by atoms with Crippen LogP contribution in [-0.4, -0.2) is 30.5 Å². The molecule has 134 valence electrons. The highest BCUT2D eigenvalue weighted by Gasteiger charge is 2.29. The molecule has 4 heteroatoms. The molecule has 1 amide bonds. The lowest BCUT2D eigenvalue weighted by Crippen LogP contribution is -2.39. The number of nitrogens with one attached hydrogen (secondary N) is 1. The van der Waals surface area contributed by atoms with Gasteiger partial charge in [-0.15, -0.1) is 0 Å². The molecule has 1 aromatic heterocycles. The minimum absolute atomic E-state index is 0.0645. The van der Waals surface area contributed by atoms with Crippen molar-refractivity contribution in [3.8, 4) is 0 Å². The van der Waals surface area contributed by atoms with E-state index in [-0.39, 0.29) is 5.91 Å². The molecule has 1 saturated heterocycles. The molecule has 1 aromatic rings. The van der Waals surface area contributed by atoms with Crippen molar-refractivity contribution in [1.29, 1.82) is 0 Å². The second-order valence-corrected chi connectivity index (χ2v) is 7.87. The van der Waals surface area contributed by atoms with E-state index >= 15 is 0 Å². The topological polar surface area (TPSA) is 45.2 Å². The summed E-state index contributed by atoms with van der Waals surface area (Å²) in [4.78, 5) is 19.2. The smallest absolute Gasteiger partial charge is 0.269 e. The minimum Gasteiger partial charge on any atom is -0.357 e. The van der Waals surface area contributed by atoms with Gasteiger partial charge in [0, 0.05) is 19.6 Å². The molecule has 24 heavy (non-hydrogen) atoms. The molecule has 0 aliphatic carbocycles. The summed E-state index contributed by atoms with van der Waals surface area (Å²) >= 11 is 0. The van der Waals surface area contributed by atoms with Gasteiger partial charge in [-0.25, -0.2) is 4.98 Å². The monoisotopic (exact) mass is 331 g/mol. The number of amides is 1. The van der Waals surface area contributed by atoms with Gasteiger partial charge in [0.05, 0.1) is 0 Å². The molecule has 1 aliphatic rings. The molecule has 0 aromatic carbocycles. The van der Waals surface area contributed by atoms with Gasteiger partial charge in [0.2, 0.25) is 0 Å². The predicted octanol–water partition coefficient (Wildman–Crippen LogP) is 4.26. The van der Waals surface area contributed by atoms with Crippen molar-refractivity contribution < 1.29 is 4.79 Å². The van der Waals surface area contributed by atoms with E-state index < -0.39 is 0 Å². The van der Waals surface area contributed by atoms with E-state index in [1.54, 1.807) is 6.07 Å². The zero-order chi connectivity index (χ0) is 17.6. The zero-order valence-electron chi connectivity index (χ0n) is 15.8. The molecule has 0 unspecified atom stereocenters. The van der Waals surface area contributed by atoms with Gasteiger partial charge in [-0.3, -0.25) is 4.79 Å². The summed E-state index contributed by atoms with van der Waals surface area (Å²) in [7, 11) is 0. The van der Waals surface area contributed by atoms with E-state index in [0.29, 0.717) is 23.6 Å². The van der Waals surface area contributed by atoms with Crippen molar-refractivity contribution in [2.45, 2.75) is 59.8 Å². The molecule has 1 N–H and O–H groups in total. The van der Waals surface area contributed by atoms with Crippen molar-refractivity contribution in [2.24, 2.45) is 11.3 Å². The fourth-order valence-corrected chi connectivity index (χ4v) is 3.42. The summed E-state index contributed by atoms with van der Waals surface area (Å²) in [5.74, 6) is 1.46. The number of piperidine rings is 1. The van der Waals surface area contributed by atoms with Crippen LogP contribution in [0.4, 0.5) is 5.82 Å². The van der Waals surface area contributed by atoms with E-state index in [2.05, 4.69) is 42.9 Å². The summed E-state index contributed by atoms with van der Waals surface area (Å²) in [6.07, 6.45) is 5.95. The maximum absolute atomic E-state index is 12.3. The molecule has 2 heterocycles. The highest BCUT2D eigenvalue weighted by atomic mass is 16.1. The van der Waals surface area contributed by atoms with E-state index in [0.717, 1.165) is 25.3 Å². The van der Waals surface area contributed by atoms with Crippen LogP contribution in [0.5, 0.6) is 0 Å². The van der Waals surface area contributed by atoms with Crippen LogP contribution in [0.25, 0.3) is 0 Å². The van der Waals surface area contributed by atoms with Gasteiger partial charge >= 0.3 is 0 Å². The summed E-state index contributed by atoms with van der Waals surface area (Å²) in [6.45, 7) is 11.8. The second-order valence-electron chi connectivity index (χ2n) is 7.87. The van der Waals surface area contributed by atoms with Crippen LogP contribution in [-0.2, 0) is 0 Å². The third kappa shape index (κ3) is 5.22. The molecule has 1 fully saturated rings. The summed E-state index contributed by atoms with van der Waals surface area (Å²) < 4.78 is 0. The van der Waals surface area contributed by atoms with Gasteiger partial charge in [0.15, 0.2) is 0 Å². The van der Waals surface area contributed by atoms with Gasteiger partial charge in [-0.1, -0.05) is 40.2 Å². The fraction of sp³-hybridized carbons (Fsp3) is 0.700. The average molecular weight is 332 g/mol. The molecule has 2 rings (SSSR count). The third-order valence-corrected chi connectivity index (χ3v) is 5.12. The Kier molecular flexibility index (Phi) is 6.64. The van der Waals surface area contributed by atoms with E-state index in [4.69, 9.17) is 0 Å². The number of aromatic nitrogens is 1. The molecule has 0 spiro atoms. The number of anilines is 1. The van der Waals surface area contributed by atoms with Crippen LogP contribution < -0.4 is 10.2 Å². The lowest BCUT2D eigenvalue weighted by atomic mass is 9.77. The summed E-state index contributed by atoms with van der Waals surface area (Å²) in [6, 6.07) is 5.77. The quantitative estimate of drug-likeness (QED) is 0.812. The van der Waals surface area contributed by atoms with Crippen LogP contribution >= 0.6 is 0 Å². The first-order valence-corrected chi connectivity index (χ1v) is 9.44. The van der Waals surface area contributed by atoms with Crippen molar-refractivity contribution in [1.82, 2.24) is 10.3 Å². The number of rotatable bonds is 7. The Balaban J connectivity index is 1.94. The first-order chi connectivity index (χ1) is 11.4. The predicted molar refractivity (Wildman–Crippen MR) is 100 cm³/mol. The van der Waals surface area contributed by atoms with Crippen LogP contribution in [0.2, 0.25) is 0 Å². The highest BCUT2D eigenvalue weighted by molar-refractivity contribution is 5.92. The average Bonchev–Trinajstić information content (AvgIpc) is 2.55. The van der Waals surface area contributed by atoms with E-state index in [1.807, 2.05) is 12.1 Å². The van der Waals surface area contributed by atoms with Crippen LogP contribution in [0, 0.1) is 11.3 Å². The van der Waals surface area contributed by atoms with E-state index in [1.165, 1.54) is 25.7 Å². The number of pyridine rings is 1. The molecule has 1 aliphatic heterocycles. The largest absolute Gasteiger partial charge is 0.357 e. The van der Waals surface area contributed by atoms with Crippen LogP contribution in [0.15, 0.2) is 18.2 Å². The minimum atomic E-state index is -0.0645. The SMILES string of the molecule is CCCC1(C)CCN(c2cccc(C(=O)NCCC(C)C)n2)CC1. The maximum Gasteiger partial charge on any atom is 0.269 e. The Hall–Kier alpha value is -1.58. The van der Waals surface area contributed by atoms with Crippen molar-refractivity contribution >= 4 is 11.7 Å². The van der Waals surface area contributed by atoms with Gasteiger partial charge in [-0.05, 0) is 49.1 Å². The molecule has 0 bridgehead atoms. The molecule has 0 radical (unpaired) electrons. The third-order valence-electron chi connectivity index (χ3n) is 5.12. The standard InChI is InChI=1S/C20H33N3O/c1-5-10-20(4)11-14-23(15-12-20)18-8-6-7-17(22-18)19(24)21-13-9-16(2)3/h6-8,16H,5,9-15H2,1-4H3,(H,21,24). The van der Waals surface area contributed by atoms with Gasteiger partial charge < -0.3 is 10.2 Å². The number of carbonyl (C=O) groups excluding carboxylic acids is 1. The Morgan fingerprint density at radius 1 is 1.33 bits per heavy atom. The number of nitrogens with zero attached hydrogens (tertiary/aromatic N) is 2. The first kappa shape index (κ1) is 18.8. The lowest BCUT2D eigenvalue weighted by molar-refractivity contribution is 0.0947. The lowest BCUT2D eigenvalue weighted by Gasteiger charge is -2.40. The number of hydrogen-bond donors (Lipinski definition) is 1. The first-order valence-electron chi connectivity index (χ1n) is 9.44. The van der Waals surface area contributed by atoms with Gasteiger partial charge in [-0.2, -0.15) is 0 Å². The Morgan fingerprint density at radius 3 is 2.67 bits per heavy atom. The fourth-order valence-electron chi connectivity index (χ4n) is 3.42. The normalized spacial score (nSPS) is 17.1. The summed E-state index contributed by atoms with van der Waals surface area (Å²) in [5, 5.41) is 2.97. The number of hydrogen-bond acceptors (Lipinski definition) is 3. The Morgan fingerprint density at radius 2 is 2.04 bits per heavy atom. The van der Waals surface area contributed by atoms with Gasteiger partial charge in [0.25, 0.3) is 5.91 Å². The molecule has 0 saturated carbocycles. The number of carbonyl (C=O) groups is 1. The van der Waals surface area contributed by atoms with Crippen LogP contribution in [0.3, 0.4) is 0 Å². The zero-order valence-corrected chi connectivity index (χ0v) is 15.8.